The number of alkyl carbamates (subject to hydrolysis) is 1. The van der Waals surface area contributed by atoms with E-state index in [0.717, 1.165) is 113 Å². The second kappa shape index (κ2) is 20.9. The first kappa shape index (κ1) is 48.6. The Morgan fingerprint density at radius 1 is 0.676 bits per heavy atom. The van der Waals surface area contributed by atoms with E-state index in [9.17, 15) is 24.3 Å². The maximum atomic E-state index is 13.8. The number of aromatic nitrogens is 6. The second-order valence-corrected chi connectivity index (χ2v) is 19.7. The summed E-state index contributed by atoms with van der Waals surface area (Å²) in [7, 11) is 2.75. The van der Waals surface area contributed by atoms with Crippen molar-refractivity contribution in [1.29, 1.82) is 0 Å². The van der Waals surface area contributed by atoms with Crippen LogP contribution in [0.5, 0.6) is 0 Å². The van der Waals surface area contributed by atoms with Gasteiger partial charge in [0.25, 0.3) is 0 Å². The lowest BCUT2D eigenvalue weighted by molar-refractivity contribution is -0.138. The summed E-state index contributed by atoms with van der Waals surface area (Å²) in [5.74, 6) is 1.71. The van der Waals surface area contributed by atoms with Gasteiger partial charge in [0.05, 0.1) is 53.9 Å². The fourth-order valence-electron chi connectivity index (χ4n) is 10.6. The number of benzene rings is 2. The number of ether oxygens (including phenoxy) is 1. The summed E-state index contributed by atoms with van der Waals surface area (Å²) in [6.07, 6.45) is 10.7. The van der Waals surface area contributed by atoms with Crippen LogP contribution in [0.4, 0.5) is 15.4 Å². The van der Waals surface area contributed by atoms with Gasteiger partial charge in [0.1, 0.15) is 29.6 Å². The van der Waals surface area contributed by atoms with Gasteiger partial charge in [-0.15, -0.1) is 0 Å². The summed E-state index contributed by atoms with van der Waals surface area (Å²) < 4.78 is 7.06. The van der Waals surface area contributed by atoms with Gasteiger partial charge in [-0.05, 0) is 92.2 Å². The minimum absolute atomic E-state index is 0.125. The lowest BCUT2D eigenvalue weighted by atomic mass is 10.0. The van der Waals surface area contributed by atoms with Crippen LogP contribution in [0.25, 0.3) is 50.7 Å². The normalized spacial score (nSPS) is 18.0. The Hall–Kier alpha value is -7.43. The van der Waals surface area contributed by atoms with Gasteiger partial charge in [0.2, 0.25) is 11.8 Å². The molecule has 0 unspecified atom stereocenters. The van der Waals surface area contributed by atoms with Gasteiger partial charge in [-0.3, -0.25) is 14.5 Å². The number of rotatable bonds is 14. The van der Waals surface area contributed by atoms with Crippen molar-refractivity contribution in [3.63, 3.8) is 0 Å². The molecule has 4 aromatic heterocycles. The van der Waals surface area contributed by atoms with Gasteiger partial charge in [-0.2, -0.15) is 0 Å². The average Bonchev–Trinajstić information content (AvgIpc) is 4.25. The third-order valence-electron chi connectivity index (χ3n) is 14.4. The molecule has 4 N–H and O–H groups in total. The molecule has 71 heavy (non-hydrogen) atoms. The molecule has 17 nitrogen and oxygen atoms in total. The number of piperidine rings is 1. The van der Waals surface area contributed by atoms with Gasteiger partial charge in [-0.25, -0.2) is 24.5 Å². The van der Waals surface area contributed by atoms with E-state index in [0.29, 0.717) is 24.7 Å². The topological polar surface area (TPSA) is 198 Å². The molecule has 3 saturated heterocycles. The van der Waals surface area contributed by atoms with E-state index in [1.807, 2.05) is 51.2 Å². The largest absolute Gasteiger partial charge is 0.465 e. The predicted octanol–water partition coefficient (Wildman–Crippen LogP) is 9.32. The number of imidazole rings is 2. The maximum absolute atomic E-state index is 13.8. The highest BCUT2D eigenvalue weighted by Crippen LogP contribution is 2.38. The van der Waals surface area contributed by atoms with Crippen LogP contribution in [0.3, 0.4) is 0 Å². The number of likely N-dealkylation sites (N-methyl/N-ethyl adjacent to an activating group) is 1. The molecular weight excluding hydrogens is 899 g/mol. The van der Waals surface area contributed by atoms with Gasteiger partial charge in [-0.1, -0.05) is 76.2 Å². The van der Waals surface area contributed by atoms with Crippen molar-refractivity contribution < 1.29 is 29.0 Å². The predicted molar refractivity (Wildman–Crippen MR) is 272 cm³/mol. The molecule has 0 aliphatic carbocycles. The highest BCUT2D eigenvalue weighted by Gasteiger charge is 2.40. The SMILES string of the molecule is COC(=O)N[C@H](C(=O)N1CCC[C@H]1c1nc(-c2ccc(-c3ccc(-c4ccc(-c5c[nH]c([C@@H]6CCCN6C(=O)[C@H](C(C)C)N(C)C(=O)O)n5)cc4)n3-c3ccc(N4CCCCC4)nc3)cc2)c[nH]1)C(C)C. The molecule has 6 aromatic rings. The fourth-order valence-corrected chi connectivity index (χ4v) is 10.6. The summed E-state index contributed by atoms with van der Waals surface area (Å²) >= 11 is 0. The van der Waals surface area contributed by atoms with Crippen LogP contribution in [0.1, 0.15) is 96.4 Å². The second-order valence-electron chi connectivity index (χ2n) is 19.7. The standard InChI is InChI=1S/C54H65N11O6/c1-33(2)47(60-53(68)71-6)51(66)63-28-10-12-44(63)49-56-31-40(58-49)35-14-18-37(19-15-35)42-23-24-43(65(42)39-22-25-46(55-30-39)62-26-8-7-9-27-62)38-20-16-36(17-21-38)41-32-57-50(59-41)45-13-11-29-64(45)52(67)48(34(3)4)61(5)54(69)70/h14-25,30-34,44-45,47-48H,7-13,26-29H2,1-6H3,(H,56,58)(H,57,59)(H,60,68)(H,69,70)/t44-,45-,47-,48-/m0/s1. The van der Waals surface area contributed by atoms with E-state index in [1.54, 1.807) is 4.90 Å². The Morgan fingerprint density at radius 3 is 1.66 bits per heavy atom. The van der Waals surface area contributed by atoms with Crippen LogP contribution in [0, 0.1) is 11.8 Å². The number of amides is 4. The van der Waals surface area contributed by atoms with E-state index in [4.69, 9.17) is 19.7 Å². The van der Waals surface area contributed by atoms with Crippen LogP contribution in [-0.4, -0.2) is 126 Å². The van der Waals surface area contributed by atoms with Crippen LogP contribution < -0.4 is 10.2 Å². The van der Waals surface area contributed by atoms with Crippen LogP contribution in [0.15, 0.2) is 91.4 Å². The molecule has 9 rings (SSSR count). The molecule has 372 valence electrons. The van der Waals surface area contributed by atoms with Gasteiger partial charge in [0.15, 0.2) is 0 Å². The quantitative estimate of drug-likeness (QED) is 0.0816. The number of carbonyl (C=O) groups excluding carboxylic acids is 3. The van der Waals surface area contributed by atoms with Gasteiger partial charge >= 0.3 is 12.2 Å². The van der Waals surface area contributed by atoms with E-state index < -0.39 is 24.3 Å². The number of H-pyrrole nitrogens is 2. The maximum Gasteiger partial charge on any atom is 0.407 e. The Balaban J connectivity index is 0.971. The first-order chi connectivity index (χ1) is 34.3. The minimum Gasteiger partial charge on any atom is -0.465 e. The molecule has 2 aromatic carbocycles. The number of nitrogens with one attached hydrogen (secondary N) is 3. The molecular formula is C54H65N11O6. The lowest BCUT2D eigenvalue weighted by Crippen LogP contribution is -2.51. The Labute approximate surface area is 414 Å². The first-order valence-electron chi connectivity index (χ1n) is 25.0. The summed E-state index contributed by atoms with van der Waals surface area (Å²) in [5, 5.41) is 12.4. The van der Waals surface area contributed by atoms with Crippen molar-refractivity contribution in [3.8, 4) is 50.7 Å². The van der Waals surface area contributed by atoms with E-state index in [-0.39, 0.29) is 35.7 Å². The number of likely N-dealkylation sites (tertiary alicyclic amines) is 2. The summed E-state index contributed by atoms with van der Waals surface area (Å²) in [6, 6.07) is 23.2. The molecule has 0 bridgehead atoms. The molecule has 17 heteroatoms. The zero-order chi connectivity index (χ0) is 49.9. The fraction of sp³-hybridized carbons (Fsp3) is 0.426. The van der Waals surface area contributed by atoms with Crippen LogP contribution >= 0.6 is 0 Å². The number of aromatic amines is 2. The highest BCUT2D eigenvalue weighted by molar-refractivity contribution is 5.87. The van der Waals surface area contributed by atoms with Crippen molar-refractivity contribution in [2.45, 2.75) is 96.8 Å². The molecule has 7 heterocycles. The van der Waals surface area contributed by atoms with Gasteiger partial charge in [0, 0.05) is 56.7 Å². The highest BCUT2D eigenvalue weighted by atomic mass is 16.5. The molecule has 3 aliphatic heterocycles. The van der Waals surface area contributed by atoms with Crippen molar-refractivity contribution >= 4 is 29.8 Å². The molecule has 3 aliphatic rings. The summed E-state index contributed by atoms with van der Waals surface area (Å²) in [6.45, 7) is 10.7. The van der Waals surface area contributed by atoms with Crippen molar-refractivity contribution in [2.75, 3.05) is 45.2 Å². The van der Waals surface area contributed by atoms with E-state index in [2.05, 4.69) is 97.5 Å². The Kier molecular flexibility index (Phi) is 14.3. The number of carboxylic acid groups (broad SMARTS) is 1. The zero-order valence-corrected chi connectivity index (χ0v) is 41.5. The number of anilines is 1. The third-order valence-corrected chi connectivity index (χ3v) is 14.4. The Morgan fingerprint density at radius 2 is 1.20 bits per heavy atom. The molecule has 4 atom stereocenters. The Bertz CT molecular complexity index is 2830. The smallest absolute Gasteiger partial charge is 0.407 e. The lowest BCUT2D eigenvalue weighted by Gasteiger charge is -2.33. The van der Waals surface area contributed by atoms with E-state index >= 15 is 0 Å². The number of hydrogen-bond acceptors (Lipinski definition) is 9. The number of methoxy groups -OCH3 is 1. The van der Waals surface area contributed by atoms with Gasteiger partial charge < -0.3 is 44.4 Å². The molecule has 0 spiro atoms. The molecule has 0 saturated carbocycles. The molecule has 4 amide bonds. The van der Waals surface area contributed by atoms with Crippen molar-refractivity contribution in [1.82, 2.24) is 49.5 Å². The molecule has 3 fully saturated rings. The van der Waals surface area contributed by atoms with Crippen LogP contribution in [-0.2, 0) is 14.3 Å². The molecule has 0 radical (unpaired) electrons. The average molecular weight is 964 g/mol. The summed E-state index contributed by atoms with van der Waals surface area (Å²) in [5.41, 5.74) is 8.32. The monoisotopic (exact) mass is 964 g/mol. The minimum atomic E-state index is -1.13. The number of pyridine rings is 1. The van der Waals surface area contributed by atoms with E-state index in [1.165, 1.54) is 20.6 Å². The number of carbonyl (C=O) groups is 4. The summed E-state index contributed by atoms with van der Waals surface area (Å²) in [4.78, 5) is 80.3. The van der Waals surface area contributed by atoms with Crippen molar-refractivity contribution in [3.05, 3.63) is 103 Å². The zero-order valence-electron chi connectivity index (χ0n) is 41.5. The third kappa shape index (κ3) is 9.99. The number of nitrogens with zero attached hydrogens (tertiary/aromatic N) is 8. The van der Waals surface area contributed by atoms with Crippen LogP contribution in [0.2, 0.25) is 0 Å². The first-order valence-corrected chi connectivity index (χ1v) is 25.0. The van der Waals surface area contributed by atoms with Crippen molar-refractivity contribution in [2.24, 2.45) is 11.8 Å². The number of hydrogen-bond donors (Lipinski definition) is 4.